The van der Waals surface area contributed by atoms with E-state index in [0.717, 1.165) is 12.8 Å². The minimum absolute atomic E-state index is 0.213. The van der Waals surface area contributed by atoms with Crippen LogP contribution in [0.25, 0.3) is 0 Å². The highest BCUT2D eigenvalue weighted by Crippen LogP contribution is 2.30. The Morgan fingerprint density at radius 3 is 2.08 bits per heavy atom. The molecule has 1 aliphatic carbocycles. The van der Waals surface area contributed by atoms with E-state index in [0.29, 0.717) is 24.0 Å². The minimum Gasteiger partial charge on any atom is -0.460 e. The van der Waals surface area contributed by atoms with Gasteiger partial charge in [-0.1, -0.05) is 23.3 Å². The Hall–Kier alpha value is -1.84. The Morgan fingerprint density at radius 1 is 1.04 bits per heavy atom. The maximum absolute atomic E-state index is 12.4. The van der Waals surface area contributed by atoms with Gasteiger partial charge in [-0.2, -0.15) is 0 Å². The topological polar surface area (TPSA) is 52.6 Å². The molecular weight excluding hydrogens is 304 g/mol. The zero-order valence-electron chi connectivity index (χ0n) is 15.8. The van der Waals surface area contributed by atoms with Crippen molar-refractivity contribution in [1.82, 2.24) is 0 Å². The second-order valence-electron chi connectivity index (χ2n) is 6.93. The molecular formula is C20H30O4. The Balaban J connectivity index is 2.93. The molecule has 0 fully saturated rings. The van der Waals surface area contributed by atoms with Crippen LogP contribution >= 0.6 is 0 Å². The van der Waals surface area contributed by atoms with Gasteiger partial charge in [-0.05, 0) is 60.8 Å². The highest BCUT2D eigenvalue weighted by molar-refractivity contribution is 6.01. The molecule has 0 radical (unpaired) electrons. The number of hydrogen-bond acceptors (Lipinski definition) is 4. The summed E-state index contributed by atoms with van der Waals surface area (Å²) in [5.74, 6) is -0.825. The van der Waals surface area contributed by atoms with Crippen molar-refractivity contribution < 1.29 is 19.1 Å². The summed E-state index contributed by atoms with van der Waals surface area (Å²) in [4.78, 5) is 24.7. The van der Waals surface area contributed by atoms with Gasteiger partial charge >= 0.3 is 11.9 Å². The van der Waals surface area contributed by atoms with Crippen LogP contribution in [0.3, 0.4) is 0 Å². The first-order valence-electron chi connectivity index (χ1n) is 8.66. The highest BCUT2D eigenvalue weighted by Gasteiger charge is 2.27. The maximum Gasteiger partial charge on any atom is 0.335 e. The average molecular weight is 334 g/mol. The monoisotopic (exact) mass is 334 g/mol. The minimum atomic E-state index is -0.416. The van der Waals surface area contributed by atoms with Crippen LogP contribution in [-0.2, 0) is 19.1 Å². The molecule has 4 heteroatoms. The van der Waals surface area contributed by atoms with E-state index in [1.807, 2.05) is 6.08 Å². The van der Waals surface area contributed by atoms with Crippen LogP contribution in [-0.4, -0.2) is 24.1 Å². The number of allylic oxidation sites excluding steroid dienone is 4. The Kier molecular flexibility index (Phi) is 7.96. The van der Waals surface area contributed by atoms with E-state index < -0.39 is 11.9 Å². The van der Waals surface area contributed by atoms with Crippen molar-refractivity contribution in [2.24, 2.45) is 0 Å². The van der Waals surface area contributed by atoms with E-state index in [-0.39, 0.29) is 12.2 Å². The van der Waals surface area contributed by atoms with Crippen LogP contribution in [0.2, 0.25) is 0 Å². The lowest BCUT2D eigenvalue weighted by Gasteiger charge is -2.21. The molecule has 134 valence electrons. The van der Waals surface area contributed by atoms with Gasteiger partial charge in [0.1, 0.15) is 0 Å². The molecule has 0 saturated heterocycles. The van der Waals surface area contributed by atoms with E-state index >= 15 is 0 Å². The molecule has 0 heterocycles. The smallest absolute Gasteiger partial charge is 0.335 e. The highest BCUT2D eigenvalue weighted by atomic mass is 16.5. The first-order chi connectivity index (χ1) is 11.2. The quantitative estimate of drug-likeness (QED) is 0.502. The number of hydrogen-bond donors (Lipinski definition) is 0. The first kappa shape index (κ1) is 20.2. The van der Waals surface area contributed by atoms with Crippen LogP contribution in [0, 0.1) is 0 Å². The van der Waals surface area contributed by atoms with Gasteiger partial charge in [-0.15, -0.1) is 0 Å². The first-order valence-corrected chi connectivity index (χ1v) is 8.66. The summed E-state index contributed by atoms with van der Waals surface area (Å²) in [5, 5.41) is 0. The lowest BCUT2D eigenvalue weighted by Crippen LogP contribution is -2.22. The number of esters is 2. The molecule has 0 spiro atoms. The maximum atomic E-state index is 12.4. The molecule has 4 nitrogen and oxygen atoms in total. The van der Waals surface area contributed by atoms with Crippen molar-refractivity contribution in [2.75, 3.05) is 0 Å². The summed E-state index contributed by atoms with van der Waals surface area (Å²) in [6, 6.07) is 0. The summed E-state index contributed by atoms with van der Waals surface area (Å²) < 4.78 is 10.6. The molecule has 0 atom stereocenters. The van der Waals surface area contributed by atoms with E-state index in [4.69, 9.17) is 9.47 Å². The van der Waals surface area contributed by atoms with Crippen molar-refractivity contribution in [1.29, 1.82) is 0 Å². The average Bonchev–Trinajstić information content (AvgIpc) is 2.45. The number of carbonyl (C=O) groups excluding carboxylic acids is 2. The van der Waals surface area contributed by atoms with Gasteiger partial charge in [0.05, 0.1) is 23.4 Å². The second kappa shape index (κ2) is 9.45. The lowest BCUT2D eigenvalue weighted by atomic mass is 9.89. The van der Waals surface area contributed by atoms with Gasteiger partial charge in [0.25, 0.3) is 0 Å². The summed E-state index contributed by atoms with van der Waals surface area (Å²) in [7, 11) is 0. The molecule has 1 rings (SSSR count). The third-order valence-electron chi connectivity index (χ3n) is 3.56. The van der Waals surface area contributed by atoms with Gasteiger partial charge < -0.3 is 9.47 Å². The molecule has 0 aromatic heterocycles. The van der Waals surface area contributed by atoms with Gasteiger partial charge in [0, 0.05) is 6.42 Å². The third-order valence-corrected chi connectivity index (χ3v) is 3.56. The Labute approximate surface area is 145 Å². The zero-order chi connectivity index (χ0) is 18.3. The largest absolute Gasteiger partial charge is 0.460 e. The predicted octanol–water partition coefficient (Wildman–Crippen LogP) is 4.65. The summed E-state index contributed by atoms with van der Waals surface area (Å²) in [5.41, 5.74) is 3.33. The molecule has 0 amide bonds. The SMILES string of the molecule is CC(C)=CCCC1=CCC(C(=O)OC(C)C)=C(C(=O)OC(C)C)C1. The number of rotatable bonds is 7. The van der Waals surface area contributed by atoms with Crippen LogP contribution in [0.1, 0.15) is 67.2 Å². The Morgan fingerprint density at radius 2 is 1.58 bits per heavy atom. The van der Waals surface area contributed by atoms with E-state index in [1.165, 1.54) is 11.1 Å². The predicted molar refractivity (Wildman–Crippen MR) is 95.5 cm³/mol. The molecule has 0 N–H and O–H groups in total. The fourth-order valence-corrected chi connectivity index (χ4v) is 2.48. The number of ether oxygens (including phenoxy) is 2. The summed E-state index contributed by atoms with van der Waals surface area (Å²) in [6.07, 6.45) is 6.51. The van der Waals surface area contributed by atoms with Gasteiger partial charge in [0.2, 0.25) is 0 Å². The fourth-order valence-electron chi connectivity index (χ4n) is 2.48. The van der Waals surface area contributed by atoms with Crippen molar-refractivity contribution in [3.05, 3.63) is 34.4 Å². The zero-order valence-corrected chi connectivity index (χ0v) is 15.8. The van der Waals surface area contributed by atoms with Crippen LogP contribution in [0.5, 0.6) is 0 Å². The van der Waals surface area contributed by atoms with E-state index in [9.17, 15) is 9.59 Å². The Bertz CT molecular complexity index is 558. The van der Waals surface area contributed by atoms with E-state index in [1.54, 1.807) is 27.7 Å². The molecule has 0 saturated carbocycles. The number of carbonyl (C=O) groups is 2. The summed E-state index contributed by atoms with van der Waals surface area (Å²) in [6.45, 7) is 11.3. The molecule has 0 aliphatic heterocycles. The van der Waals surface area contributed by atoms with E-state index in [2.05, 4.69) is 19.9 Å². The molecule has 0 bridgehead atoms. The van der Waals surface area contributed by atoms with Gasteiger partial charge in [0.15, 0.2) is 0 Å². The van der Waals surface area contributed by atoms with Crippen LogP contribution in [0.4, 0.5) is 0 Å². The molecule has 0 unspecified atom stereocenters. The second-order valence-corrected chi connectivity index (χ2v) is 6.93. The normalized spacial score (nSPS) is 14.6. The molecule has 24 heavy (non-hydrogen) atoms. The molecule has 1 aliphatic rings. The van der Waals surface area contributed by atoms with Crippen molar-refractivity contribution >= 4 is 11.9 Å². The van der Waals surface area contributed by atoms with Crippen molar-refractivity contribution in [3.63, 3.8) is 0 Å². The van der Waals surface area contributed by atoms with Gasteiger partial charge in [-0.3, -0.25) is 0 Å². The van der Waals surface area contributed by atoms with Crippen LogP contribution < -0.4 is 0 Å². The lowest BCUT2D eigenvalue weighted by molar-refractivity contribution is -0.146. The fraction of sp³-hybridized carbons (Fsp3) is 0.600. The summed E-state index contributed by atoms with van der Waals surface area (Å²) >= 11 is 0. The standard InChI is InChI=1S/C20H30O4/c1-13(2)8-7-9-16-10-11-17(19(21)23-14(3)4)18(12-16)20(22)24-15(5)6/h8,10,14-15H,7,9,11-12H2,1-6H3. The van der Waals surface area contributed by atoms with Crippen molar-refractivity contribution in [2.45, 2.75) is 79.4 Å². The van der Waals surface area contributed by atoms with Crippen molar-refractivity contribution in [3.8, 4) is 0 Å². The van der Waals surface area contributed by atoms with Crippen LogP contribution in [0.15, 0.2) is 34.4 Å². The third kappa shape index (κ3) is 6.73. The molecule has 0 aromatic rings. The van der Waals surface area contributed by atoms with Gasteiger partial charge in [-0.25, -0.2) is 9.59 Å². The molecule has 0 aromatic carbocycles.